The Kier molecular flexibility index (Phi) is 5.61. The minimum atomic E-state index is -0.288. The summed E-state index contributed by atoms with van der Waals surface area (Å²) in [5.74, 6) is 2.15. The number of rotatable bonds is 7. The predicted octanol–water partition coefficient (Wildman–Crippen LogP) is 2.36. The molecule has 8 heteroatoms. The number of aryl methyl sites for hydroxylation is 2. The number of methoxy groups -OCH3 is 1. The number of aromatic amines is 1. The number of aliphatic hydroxyl groups excluding tert-OH is 1. The molecule has 4 rings (SSSR count). The maximum atomic E-state index is 13.0. The SMILES string of the molecule is COc1cc(OC2COC2)c2c(=O)[nH]c(-c3cc(C)c(OCCO)c(C)c3)nc2c1. The van der Waals surface area contributed by atoms with Gasteiger partial charge in [-0.25, -0.2) is 4.98 Å². The maximum Gasteiger partial charge on any atom is 0.262 e. The fourth-order valence-electron chi connectivity index (χ4n) is 3.48. The van der Waals surface area contributed by atoms with E-state index in [1.54, 1.807) is 19.2 Å². The van der Waals surface area contributed by atoms with Gasteiger partial charge in [-0.1, -0.05) is 0 Å². The molecule has 2 aromatic carbocycles. The van der Waals surface area contributed by atoms with E-state index in [0.717, 1.165) is 22.4 Å². The van der Waals surface area contributed by atoms with Crippen molar-refractivity contribution in [3.63, 3.8) is 0 Å². The van der Waals surface area contributed by atoms with Crippen LogP contribution in [-0.2, 0) is 4.74 Å². The summed E-state index contributed by atoms with van der Waals surface area (Å²) in [6.45, 7) is 4.98. The molecule has 158 valence electrons. The molecule has 0 unspecified atom stereocenters. The Morgan fingerprint density at radius 3 is 2.53 bits per heavy atom. The zero-order valence-electron chi connectivity index (χ0n) is 17.2. The number of nitrogens with zero attached hydrogens (tertiary/aromatic N) is 1. The molecule has 0 amide bonds. The molecule has 0 bridgehead atoms. The Bertz CT molecular complexity index is 1110. The quantitative estimate of drug-likeness (QED) is 0.614. The minimum Gasteiger partial charge on any atom is -0.497 e. The molecule has 2 heterocycles. The monoisotopic (exact) mass is 412 g/mol. The third-order valence-electron chi connectivity index (χ3n) is 4.95. The van der Waals surface area contributed by atoms with Gasteiger partial charge in [0.2, 0.25) is 0 Å². The van der Waals surface area contributed by atoms with E-state index in [4.69, 9.17) is 24.1 Å². The van der Waals surface area contributed by atoms with Gasteiger partial charge in [-0.15, -0.1) is 0 Å². The van der Waals surface area contributed by atoms with Crippen LogP contribution in [0.1, 0.15) is 11.1 Å². The van der Waals surface area contributed by atoms with Gasteiger partial charge in [0.15, 0.2) is 0 Å². The zero-order chi connectivity index (χ0) is 21.3. The van der Waals surface area contributed by atoms with Gasteiger partial charge in [0.05, 0.1) is 32.4 Å². The van der Waals surface area contributed by atoms with Crippen molar-refractivity contribution in [2.45, 2.75) is 20.0 Å². The van der Waals surface area contributed by atoms with Gasteiger partial charge >= 0.3 is 0 Å². The van der Waals surface area contributed by atoms with E-state index in [2.05, 4.69) is 9.97 Å². The maximum absolute atomic E-state index is 13.0. The molecule has 0 spiro atoms. The molecule has 2 N–H and O–H groups in total. The summed E-state index contributed by atoms with van der Waals surface area (Å²) in [5.41, 5.74) is 2.74. The van der Waals surface area contributed by atoms with Gasteiger partial charge in [0, 0.05) is 17.7 Å². The number of nitrogens with one attached hydrogen (secondary N) is 1. The lowest BCUT2D eigenvalue weighted by molar-refractivity contribution is -0.0791. The third kappa shape index (κ3) is 3.83. The molecule has 0 aliphatic carbocycles. The first-order chi connectivity index (χ1) is 14.5. The molecule has 0 radical (unpaired) electrons. The second kappa shape index (κ2) is 8.33. The van der Waals surface area contributed by atoms with E-state index in [1.165, 1.54) is 0 Å². The van der Waals surface area contributed by atoms with E-state index in [0.29, 0.717) is 41.4 Å². The molecule has 30 heavy (non-hydrogen) atoms. The molecule has 0 saturated carbocycles. The van der Waals surface area contributed by atoms with Crippen molar-refractivity contribution in [2.24, 2.45) is 0 Å². The first kappa shape index (κ1) is 20.2. The van der Waals surface area contributed by atoms with Gasteiger partial charge < -0.3 is 29.0 Å². The van der Waals surface area contributed by atoms with E-state index in [1.807, 2.05) is 26.0 Å². The van der Waals surface area contributed by atoms with Crippen LogP contribution >= 0.6 is 0 Å². The second-order valence-electron chi connectivity index (χ2n) is 7.22. The number of H-pyrrole nitrogens is 1. The van der Waals surface area contributed by atoms with E-state index in [-0.39, 0.29) is 24.9 Å². The summed E-state index contributed by atoms with van der Waals surface area (Å²) in [6.07, 6.45) is -0.0869. The van der Waals surface area contributed by atoms with Crippen LogP contribution in [0.2, 0.25) is 0 Å². The van der Waals surface area contributed by atoms with Gasteiger partial charge in [0.1, 0.15) is 41.2 Å². The van der Waals surface area contributed by atoms with Crippen LogP contribution in [-0.4, -0.2) is 54.7 Å². The van der Waals surface area contributed by atoms with Crippen LogP contribution in [0.5, 0.6) is 17.2 Å². The zero-order valence-corrected chi connectivity index (χ0v) is 17.2. The van der Waals surface area contributed by atoms with Crippen LogP contribution in [0.3, 0.4) is 0 Å². The normalized spacial score (nSPS) is 13.9. The van der Waals surface area contributed by atoms with Crippen molar-refractivity contribution >= 4 is 10.9 Å². The number of benzene rings is 2. The van der Waals surface area contributed by atoms with Gasteiger partial charge in [0.25, 0.3) is 5.56 Å². The Balaban J connectivity index is 1.80. The van der Waals surface area contributed by atoms with Crippen molar-refractivity contribution in [3.8, 4) is 28.6 Å². The number of hydrogen-bond donors (Lipinski definition) is 2. The summed E-state index contributed by atoms with van der Waals surface area (Å²) in [7, 11) is 1.56. The molecule has 8 nitrogen and oxygen atoms in total. The number of aliphatic hydroxyl groups is 1. The van der Waals surface area contributed by atoms with E-state index < -0.39 is 0 Å². The number of hydrogen-bond acceptors (Lipinski definition) is 7. The molecule has 0 atom stereocenters. The molecule has 1 fully saturated rings. The molecular weight excluding hydrogens is 388 g/mol. The second-order valence-corrected chi connectivity index (χ2v) is 7.22. The number of fused-ring (bicyclic) bond motifs is 1. The predicted molar refractivity (Wildman–Crippen MR) is 112 cm³/mol. The lowest BCUT2D eigenvalue weighted by Crippen LogP contribution is -2.38. The van der Waals surface area contributed by atoms with Crippen molar-refractivity contribution in [1.82, 2.24) is 9.97 Å². The van der Waals surface area contributed by atoms with Crippen LogP contribution in [0, 0.1) is 13.8 Å². The standard InChI is InChI=1S/C22H24N2O6/c1-12-6-14(7-13(2)20(12)29-5-4-25)21-23-17-8-15(27-3)9-18(19(17)22(26)24-21)30-16-10-28-11-16/h6-9,16,25H,4-5,10-11H2,1-3H3,(H,23,24,26). The smallest absolute Gasteiger partial charge is 0.262 e. The molecular formula is C22H24N2O6. The molecule has 1 aliphatic heterocycles. The van der Waals surface area contributed by atoms with Crippen LogP contribution in [0.15, 0.2) is 29.1 Å². The first-order valence-electron chi connectivity index (χ1n) is 9.72. The molecule has 1 aromatic heterocycles. The van der Waals surface area contributed by atoms with Gasteiger partial charge in [-0.2, -0.15) is 0 Å². The Morgan fingerprint density at radius 2 is 1.93 bits per heavy atom. The summed E-state index contributed by atoms with van der Waals surface area (Å²) in [5, 5.41) is 9.39. The summed E-state index contributed by atoms with van der Waals surface area (Å²) >= 11 is 0. The topological polar surface area (TPSA) is 103 Å². The highest BCUT2D eigenvalue weighted by atomic mass is 16.6. The van der Waals surface area contributed by atoms with E-state index >= 15 is 0 Å². The lowest BCUT2D eigenvalue weighted by Gasteiger charge is -2.27. The van der Waals surface area contributed by atoms with Crippen molar-refractivity contribution in [2.75, 3.05) is 33.5 Å². The third-order valence-corrected chi connectivity index (χ3v) is 4.95. The van der Waals surface area contributed by atoms with Crippen molar-refractivity contribution in [3.05, 3.63) is 45.7 Å². The van der Waals surface area contributed by atoms with Crippen LogP contribution in [0.25, 0.3) is 22.3 Å². The van der Waals surface area contributed by atoms with Crippen molar-refractivity contribution < 1.29 is 24.1 Å². The fraction of sp³-hybridized carbons (Fsp3) is 0.364. The summed E-state index contributed by atoms with van der Waals surface area (Å²) in [4.78, 5) is 20.5. The number of aromatic nitrogens is 2. The van der Waals surface area contributed by atoms with Crippen LogP contribution < -0.4 is 19.8 Å². The summed E-state index contributed by atoms with van der Waals surface area (Å²) in [6, 6.07) is 7.20. The first-order valence-corrected chi connectivity index (χ1v) is 9.72. The Labute approximate surface area is 173 Å². The Morgan fingerprint density at radius 1 is 1.20 bits per heavy atom. The van der Waals surface area contributed by atoms with Crippen molar-refractivity contribution in [1.29, 1.82) is 0 Å². The largest absolute Gasteiger partial charge is 0.497 e. The highest BCUT2D eigenvalue weighted by Crippen LogP contribution is 2.32. The average molecular weight is 412 g/mol. The molecule has 1 aliphatic rings. The van der Waals surface area contributed by atoms with Crippen LogP contribution in [0.4, 0.5) is 0 Å². The number of ether oxygens (including phenoxy) is 4. The molecule has 1 saturated heterocycles. The van der Waals surface area contributed by atoms with Gasteiger partial charge in [-0.05, 0) is 37.1 Å². The highest BCUT2D eigenvalue weighted by molar-refractivity contribution is 5.87. The minimum absolute atomic E-state index is 0.0562. The Hall–Kier alpha value is -3.10. The molecule has 3 aromatic rings. The van der Waals surface area contributed by atoms with Gasteiger partial charge in [-0.3, -0.25) is 4.79 Å². The highest BCUT2D eigenvalue weighted by Gasteiger charge is 2.23. The fourth-order valence-corrected chi connectivity index (χ4v) is 3.48. The summed E-state index contributed by atoms with van der Waals surface area (Å²) < 4.78 is 22.1. The average Bonchev–Trinajstić information content (AvgIpc) is 2.69. The lowest BCUT2D eigenvalue weighted by atomic mass is 10.0. The van der Waals surface area contributed by atoms with E-state index in [9.17, 15) is 4.79 Å².